The molecule has 0 spiro atoms. The van der Waals surface area contributed by atoms with Gasteiger partial charge in [0.05, 0.1) is 5.02 Å². The third-order valence-corrected chi connectivity index (χ3v) is 2.85. The summed E-state index contributed by atoms with van der Waals surface area (Å²) in [6, 6.07) is 1.92. The second-order valence-corrected chi connectivity index (χ2v) is 4.51. The van der Waals surface area contributed by atoms with Crippen LogP contribution in [0.4, 0.5) is 0 Å². The molecule has 0 saturated carbocycles. The van der Waals surface area contributed by atoms with E-state index < -0.39 is 0 Å². The fourth-order valence-corrected chi connectivity index (χ4v) is 1.84. The molecule has 1 atom stereocenters. The minimum atomic E-state index is 0.204. The van der Waals surface area contributed by atoms with Gasteiger partial charge < -0.3 is 5.32 Å². The second-order valence-electron chi connectivity index (χ2n) is 3.48. The van der Waals surface area contributed by atoms with Crippen LogP contribution in [0.5, 0.6) is 0 Å². The van der Waals surface area contributed by atoms with Gasteiger partial charge in [-0.25, -0.2) is 0 Å². The van der Waals surface area contributed by atoms with Crippen molar-refractivity contribution < 1.29 is 0 Å². The van der Waals surface area contributed by atoms with E-state index >= 15 is 0 Å². The summed E-state index contributed by atoms with van der Waals surface area (Å²) in [5, 5.41) is 4.19. The molecule has 0 aliphatic heterocycles. The summed E-state index contributed by atoms with van der Waals surface area (Å²) in [6.45, 7) is 3.69. The monoisotopic (exact) mass is 246 g/mol. The van der Waals surface area contributed by atoms with E-state index in [9.17, 15) is 0 Å². The number of hydrogen-bond acceptors (Lipinski definition) is 2. The maximum absolute atomic E-state index is 6.08. The first-order valence-corrected chi connectivity index (χ1v) is 5.98. The summed E-state index contributed by atoms with van der Waals surface area (Å²) in [5.41, 5.74) is 1.06. The van der Waals surface area contributed by atoms with E-state index in [1.165, 1.54) is 0 Å². The lowest BCUT2D eigenvalue weighted by molar-refractivity contribution is 0.623. The molecule has 4 heteroatoms. The maximum atomic E-state index is 6.08. The topological polar surface area (TPSA) is 24.9 Å². The van der Waals surface area contributed by atoms with Gasteiger partial charge in [0.25, 0.3) is 0 Å². The summed E-state index contributed by atoms with van der Waals surface area (Å²) in [6.07, 6.45) is 5.56. The van der Waals surface area contributed by atoms with Crippen LogP contribution in [-0.2, 0) is 6.54 Å². The van der Waals surface area contributed by atoms with Gasteiger partial charge >= 0.3 is 0 Å². The SMILES string of the molecule is CCCC(Cl)CNCc1ccncc1Cl. The van der Waals surface area contributed by atoms with Crippen LogP contribution in [-0.4, -0.2) is 16.9 Å². The van der Waals surface area contributed by atoms with Crippen molar-refractivity contribution in [1.82, 2.24) is 10.3 Å². The number of nitrogens with one attached hydrogen (secondary N) is 1. The van der Waals surface area contributed by atoms with Gasteiger partial charge in [-0.15, -0.1) is 11.6 Å². The first kappa shape index (κ1) is 12.8. The van der Waals surface area contributed by atoms with Gasteiger partial charge in [0.1, 0.15) is 0 Å². The molecule has 0 saturated heterocycles. The second kappa shape index (κ2) is 7.04. The van der Waals surface area contributed by atoms with E-state index in [2.05, 4.69) is 17.2 Å². The third kappa shape index (κ3) is 4.83. The summed E-state index contributed by atoms with van der Waals surface area (Å²) >= 11 is 12.0. The zero-order valence-corrected chi connectivity index (χ0v) is 10.4. The predicted octanol–water partition coefficient (Wildman–Crippen LogP) is 3.23. The van der Waals surface area contributed by atoms with Crippen molar-refractivity contribution in [2.75, 3.05) is 6.54 Å². The average Bonchev–Trinajstić information content (AvgIpc) is 2.21. The van der Waals surface area contributed by atoms with Crippen molar-refractivity contribution in [1.29, 1.82) is 0 Å². The number of halogens is 2. The predicted molar refractivity (Wildman–Crippen MR) is 65.5 cm³/mol. The molecule has 1 heterocycles. The molecular formula is C11H16Cl2N2. The van der Waals surface area contributed by atoms with Crippen LogP contribution in [0.25, 0.3) is 0 Å². The fraction of sp³-hybridized carbons (Fsp3) is 0.545. The molecule has 1 aromatic rings. The lowest BCUT2D eigenvalue weighted by atomic mass is 10.2. The van der Waals surface area contributed by atoms with Crippen molar-refractivity contribution in [2.45, 2.75) is 31.7 Å². The van der Waals surface area contributed by atoms with Crippen molar-refractivity contribution in [3.8, 4) is 0 Å². The first-order chi connectivity index (χ1) is 7.24. The van der Waals surface area contributed by atoms with Crippen LogP contribution >= 0.6 is 23.2 Å². The largest absolute Gasteiger partial charge is 0.311 e. The normalized spacial score (nSPS) is 12.7. The summed E-state index contributed by atoms with van der Waals surface area (Å²) in [7, 11) is 0. The van der Waals surface area contributed by atoms with Crippen LogP contribution < -0.4 is 5.32 Å². The zero-order valence-electron chi connectivity index (χ0n) is 8.84. The number of aromatic nitrogens is 1. The van der Waals surface area contributed by atoms with Gasteiger partial charge in [-0.05, 0) is 18.1 Å². The van der Waals surface area contributed by atoms with Crippen LogP contribution in [0.1, 0.15) is 25.3 Å². The number of nitrogens with zero attached hydrogens (tertiary/aromatic N) is 1. The van der Waals surface area contributed by atoms with Gasteiger partial charge in [-0.1, -0.05) is 24.9 Å². The van der Waals surface area contributed by atoms with Crippen LogP contribution in [0, 0.1) is 0 Å². The molecule has 84 valence electrons. The molecular weight excluding hydrogens is 231 g/mol. The van der Waals surface area contributed by atoms with Gasteiger partial charge in [0.2, 0.25) is 0 Å². The molecule has 2 nitrogen and oxygen atoms in total. The van der Waals surface area contributed by atoms with E-state index in [0.29, 0.717) is 5.02 Å². The molecule has 0 aromatic carbocycles. The quantitative estimate of drug-likeness (QED) is 0.780. The van der Waals surface area contributed by atoms with Crippen molar-refractivity contribution in [3.63, 3.8) is 0 Å². The highest BCUT2D eigenvalue weighted by Crippen LogP contribution is 2.13. The molecule has 0 fully saturated rings. The number of rotatable bonds is 6. The molecule has 0 bridgehead atoms. The number of pyridine rings is 1. The molecule has 1 rings (SSSR count). The Labute approximate surface area is 101 Å². The zero-order chi connectivity index (χ0) is 11.1. The van der Waals surface area contributed by atoms with Crippen molar-refractivity contribution in [2.24, 2.45) is 0 Å². The molecule has 0 amide bonds. The smallest absolute Gasteiger partial charge is 0.0634 e. The Morgan fingerprint density at radius 2 is 2.33 bits per heavy atom. The summed E-state index contributed by atoms with van der Waals surface area (Å²) in [4.78, 5) is 3.93. The van der Waals surface area contributed by atoms with Crippen molar-refractivity contribution in [3.05, 3.63) is 29.0 Å². The minimum Gasteiger partial charge on any atom is -0.311 e. The fourth-order valence-electron chi connectivity index (χ4n) is 1.33. The maximum Gasteiger partial charge on any atom is 0.0634 e. The first-order valence-electron chi connectivity index (χ1n) is 5.17. The van der Waals surface area contributed by atoms with E-state index in [-0.39, 0.29) is 5.38 Å². The lowest BCUT2D eigenvalue weighted by Gasteiger charge is -2.10. The molecule has 1 aromatic heterocycles. The van der Waals surface area contributed by atoms with E-state index in [1.54, 1.807) is 12.4 Å². The molecule has 0 radical (unpaired) electrons. The molecule has 1 unspecified atom stereocenters. The Morgan fingerprint density at radius 3 is 3.00 bits per heavy atom. The van der Waals surface area contributed by atoms with Crippen LogP contribution in [0.2, 0.25) is 5.02 Å². The van der Waals surface area contributed by atoms with E-state index in [0.717, 1.165) is 31.5 Å². The van der Waals surface area contributed by atoms with Gasteiger partial charge in [0.15, 0.2) is 0 Å². The Kier molecular flexibility index (Phi) is 5.99. The molecule has 0 aliphatic carbocycles. The summed E-state index contributed by atoms with van der Waals surface area (Å²) < 4.78 is 0. The highest BCUT2D eigenvalue weighted by atomic mass is 35.5. The van der Waals surface area contributed by atoms with Gasteiger partial charge in [-0.2, -0.15) is 0 Å². The highest BCUT2D eigenvalue weighted by molar-refractivity contribution is 6.31. The molecule has 0 aliphatic rings. The number of alkyl halides is 1. The van der Waals surface area contributed by atoms with E-state index in [4.69, 9.17) is 23.2 Å². The highest BCUT2D eigenvalue weighted by Gasteiger charge is 2.03. The number of hydrogen-bond donors (Lipinski definition) is 1. The lowest BCUT2D eigenvalue weighted by Crippen LogP contribution is -2.22. The Bertz CT molecular complexity index is 292. The minimum absolute atomic E-state index is 0.204. The van der Waals surface area contributed by atoms with Crippen LogP contribution in [0.15, 0.2) is 18.5 Å². The van der Waals surface area contributed by atoms with E-state index in [1.807, 2.05) is 6.07 Å². The Morgan fingerprint density at radius 1 is 1.53 bits per heavy atom. The standard InChI is InChI=1S/C11H16Cl2N2/c1-2-3-10(12)7-15-6-9-4-5-14-8-11(9)13/h4-5,8,10,15H,2-3,6-7H2,1H3. The average molecular weight is 247 g/mol. The summed E-state index contributed by atoms with van der Waals surface area (Å²) in [5.74, 6) is 0. The molecule has 1 N–H and O–H groups in total. The Hall–Kier alpha value is -0.310. The van der Waals surface area contributed by atoms with Gasteiger partial charge in [-0.3, -0.25) is 4.98 Å². The Balaban J connectivity index is 2.29. The van der Waals surface area contributed by atoms with Gasteiger partial charge in [0, 0.05) is 30.9 Å². The van der Waals surface area contributed by atoms with Crippen LogP contribution in [0.3, 0.4) is 0 Å². The van der Waals surface area contributed by atoms with Crippen molar-refractivity contribution >= 4 is 23.2 Å². The third-order valence-electron chi connectivity index (χ3n) is 2.14. The molecule has 15 heavy (non-hydrogen) atoms.